The Morgan fingerprint density at radius 2 is 2.22 bits per heavy atom. The lowest BCUT2D eigenvalue weighted by Gasteiger charge is -2.14. The molecule has 1 aromatic rings. The van der Waals surface area contributed by atoms with Crippen LogP contribution in [0.25, 0.3) is 0 Å². The molecule has 0 saturated carbocycles. The van der Waals surface area contributed by atoms with Gasteiger partial charge in [0.2, 0.25) is 5.91 Å². The fourth-order valence-electron chi connectivity index (χ4n) is 1.27. The number of aryl methyl sites for hydroxylation is 1. The van der Waals surface area contributed by atoms with Crippen molar-refractivity contribution >= 4 is 5.91 Å². The fourth-order valence-corrected chi connectivity index (χ4v) is 1.27. The van der Waals surface area contributed by atoms with E-state index in [9.17, 15) is 18.0 Å². The zero-order valence-electron chi connectivity index (χ0n) is 10.1. The molecule has 0 bridgehead atoms. The Balaban J connectivity index is 2.32. The van der Waals surface area contributed by atoms with Crippen LogP contribution in [0, 0.1) is 0 Å². The van der Waals surface area contributed by atoms with Crippen LogP contribution >= 0.6 is 0 Å². The summed E-state index contributed by atoms with van der Waals surface area (Å²) in [4.78, 5) is 11.3. The first kappa shape index (κ1) is 14.5. The lowest BCUT2D eigenvalue weighted by atomic mass is 10.3. The summed E-state index contributed by atoms with van der Waals surface area (Å²) < 4.78 is 37.3. The van der Waals surface area contributed by atoms with Crippen LogP contribution in [0.15, 0.2) is 12.4 Å². The zero-order chi connectivity index (χ0) is 13.8. The van der Waals surface area contributed by atoms with E-state index in [2.05, 4.69) is 10.4 Å². The molecule has 8 heteroatoms. The SMILES string of the molecule is CC(NCc1cnn(C)c1)C(=O)NCC(F)(F)F. The van der Waals surface area contributed by atoms with E-state index in [0.717, 1.165) is 5.56 Å². The zero-order valence-corrected chi connectivity index (χ0v) is 10.1. The summed E-state index contributed by atoms with van der Waals surface area (Å²) in [6, 6.07) is -0.701. The molecule has 2 N–H and O–H groups in total. The molecule has 102 valence electrons. The molecule has 0 aromatic carbocycles. The van der Waals surface area contributed by atoms with Gasteiger partial charge in [0.25, 0.3) is 0 Å². The summed E-state index contributed by atoms with van der Waals surface area (Å²) in [5.41, 5.74) is 0.855. The van der Waals surface area contributed by atoms with Gasteiger partial charge in [-0.1, -0.05) is 0 Å². The first-order valence-electron chi connectivity index (χ1n) is 5.33. The Bertz CT molecular complexity index is 402. The second-order valence-corrected chi connectivity index (χ2v) is 3.96. The second kappa shape index (κ2) is 5.85. The first-order valence-corrected chi connectivity index (χ1v) is 5.33. The molecular weight excluding hydrogens is 249 g/mol. The third-order valence-electron chi connectivity index (χ3n) is 2.23. The van der Waals surface area contributed by atoms with E-state index in [1.807, 2.05) is 5.32 Å². The van der Waals surface area contributed by atoms with Crippen LogP contribution in [0.5, 0.6) is 0 Å². The number of amides is 1. The minimum absolute atomic E-state index is 0.369. The summed E-state index contributed by atoms with van der Waals surface area (Å²) in [7, 11) is 1.75. The van der Waals surface area contributed by atoms with E-state index in [4.69, 9.17) is 0 Å². The Labute approximate surface area is 102 Å². The van der Waals surface area contributed by atoms with Crippen LogP contribution in [0.1, 0.15) is 12.5 Å². The van der Waals surface area contributed by atoms with Crippen LogP contribution in [-0.2, 0) is 18.4 Å². The number of nitrogens with one attached hydrogen (secondary N) is 2. The average molecular weight is 264 g/mol. The Hall–Kier alpha value is -1.57. The van der Waals surface area contributed by atoms with Crippen molar-refractivity contribution in [2.75, 3.05) is 6.54 Å². The molecule has 5 nitrogen and oxygen atoms in total. The average Bonchev–Trinajstić information content (AvgIpc) is 2.67. The lowest BCUT2D eigenvalue weighted by molar-refractivity contribution is -0.139. The molecule has 1 unspecified atom stereocenters. The molecular formula is C10H15F3N4O. The van der Waals surface area contributed by atoms with E-state index in [1.165, 1.54) is 6.92 Å². The third kappa shape index (κ3) is 5.17. The molecule has 0 fully saturated rings. The number of halogens is 3. The van der Waals surface area contributed by atoms with E-state index in [0.29, 0.717) is 6.54 Å². The molecule has 0 spiro atoms. The molecule has 1 rings (SSSR count). The van der Waals surface area contributed by atoms with Gasteiger partial charge in [0.05, 0.1) is 12.2 Å². The monoisotopic (exact) mass is 264 g/mol. The maximum atomic E-state index is 11.9. The highest BCUT2D eigenvalue weighted by Crippen LogP contribution is 2.12. The molecule has 0 aliphatic heterocycles. The van der Waals surface area contributed by atoms with Gasteiger partial charge in [0.15, 0.2) is 0 Å². The topological polar surface area (TPSA) is 59.0 Å². The highest BCUT2D eigenvalue weighted by Gasteiger charge is 2.28. The maximum Gasteiger partial charge on any atom is 0.405 e. The van der Waals surface area contributed by atoms with Crippen molar-refractivity contribution in [1.82, 2.24) is 20.4 Å². The second-order valence-electron chi connectivity index (χ2n) is 3.96. The number of carbonyl (C=O) groups excluding carboxylic acids is 1. The Kier molecular flexibility index (Phi) is 4.71. The first-order chi connectivity index (χ1) is 8.28. The van der Waals surface area contributed by atoms with E-state index >= 15 is 0 Å². The normalized spacial score (nSPS) is 13.4. The van der Waals surface area contributed by atoms with Crippen molar-refractivity contribution in [2.24, 2.45) is 7.05 Å². The van der Waals surface area contributed by atoms with Crippen LogP contribution in [0.3, 0.4) is 0 Å². The summed E-state index contributed by atoms with van der Waals surface area (Å²) >= 11 is 0. The minimum Gasteiger partial charge on any atom is -0.346 e. The van der Waals surface area contributed by atoms with Gasteiger partial charge in [-0.2, -0.15) is 18.3 Å². The quantitative estimate of drug-likeness (QED) is 0.817. The predicted molar refractivity (Wildman–Crippen MR) is 58.6 cm³/mol. The number of aromatic nitrogens is 2. The standard InChI is InChI=1S/C10H15F3N4O/c1-7(9(18)15-6-10(11,12)13)14-3-8-4-16-17(2)5-8/h4-5,7,14H,3,6H2,1-2H3,(H,15,18). The van der Waals surface area contributed by atoms with Gasteiger partial charge < -0.3 is 10.6 Å². The lowest BCUT2D eigenvalue weighted by Crippen LogP contribution is -2.44. The van der Waals surface area contributed by atoms with Crippen molar-refractivity contribution < 1.29 is 18.0 Å². The molecule has 0 aliphatic rings. The van der Waals surface area contributed by atoms with E-state index in [1.54, 1.807) is 24.1 Å². The molecule has 18 heavy (non-hydrogen) atoms. The maximum absolute atomic E-state index is 11.9. The Morgan fingerprint density at radius 3 is 2.72 bits per heavy atom. The van der Waals surface area contributed by atoms with Crippen molar-refractivity contribution in [1.29, 1.82) is 0 Å². The molecule has 1 atom stereocenters. The summed E-state index contributed by atoms with van der Waals surface area (Å²) in [5, 5.41) is 8.57. The van der Waals surface area contributed by atoms with Gasteiger partial charge in [-0.05, 0) is 6.92 Å². The summed E-state index contributed by atoms with van der Waals surface area (Å²) in [6.07, 6.45) is -1.01. The number of hydrogen-bond acceptors (Lipinski definition) is 3. The van der Waals surface area contributed by atoms with Crippen LogP contribution in [0.4, 0.5) is 13.2 Å². The van der Waals surface area contributed by atoms with Crippen molar-refractivity contribution in [3.8, 4) is 0 Å². The van der Waals surface area contributed by atoms with Crippen molar-refractivity contribution in [3.63, 3.8) is 0 Å². The summed E-state index contributed by atoms with van der Waals surface area (Å²) in [5.74, 6) is -0.684. The predicted octanol–water partition coefficient (Wildman–Crippen LogP) is 0.577. The largest absolute Gasteiger partial charge is 0.405 e. The molecule has 1 aromatic heterocycles. The summed E-state index contributed by atoms with van der Waals surface area (Å²) in [6.45, 7) is 0.557. The number of alkyl halides is 3. The van der Waals surface area contributed by atoms with Gasteiger partial charge in [-0.25, -0.2) is 0 Å². The van der Waals surface area contributed by atoms with Crippen LogP contribution in [0.2, 0.25) is 0 Å². The Morgan fingerprint density at radius 1 is 1.56 bits per heavy atom. The molecule has 1 amide bonds. The number of nitrogens with zero attached hydrogens (tertiary/aromatic N) is 2. The van der Waals surface area contributed by atoms with Gasteiger partial charge in [-0.3, -0.25) is 9.48 Å². The molecule has 1 heterocycles. The van der Waals surface area contributed by atoms with Crippen LogP contribution < -0.4 is 10.6 Å². The fraction of sp³-hybridized carbons (Fsp3) is 0.600. The van der Waals surface area contributed by atoms with Gasteiger partial charge in [0.1, 0.15) is 6.54 Å². The van der Waals surface area contributed by atoms with E-state index < -0.39 is 24.7 Å². The number of rotatable bonds is 5. The highest BCUT2D eigenvalue weighted by atomic mass is 19.4. The van der Waals surface area contributed by atoms with Gasteiger partial charge in [-0.15, -0.1) is 0 Å². The number of carbonyl (C=O) groups is 1. The highest BCUT2D eigenvalue weighted by molar-refractivity contribution is 5.81. The van der Waals surface area contributed by atoms with Crippen LogP contribution in [-0.4, -0.2) is 34.5 Å². The third-order valence-corrected chi connectivity index (χ3v) is 2.23. The molecule has 0 saturated heterocycles. The smallest absolute Gasteiger partial charge is 0.346 e. The number of hydrogen-bond donors (Lipinski definition) is 2. The minimum atomic E-state index is -4.39. The van der Waals surface area contributed by atoms with Gasteiger partial charge in [0, 0.05) is 25.4 Å². The van der Waals surface area contributed by atoms with E-state index in [-0.39, 0.29) is 0 Å². The van der Waals surface area contributed by atoms with Crippen molar-refractivity contribution in [2.45, 2.75) is 25.7 Å². The van der Waals surface area contributed by atoms with Gasteiger partial charge >= 0.3 is 6.18 Å². The molecule has 0 radical (unpaired) electrons. The van der Waals surface area contributed by atoms with Crippen molar-refractivity contribution in [3.05, 3.63) is 18.0 Å². The molecule has 0 aliphatic carbocycles.